The number of piperazine rings is 1. The van der Waals surface area contributed by atoms with Crippen molar-refractivity contribution >= 4 is 40.3 Å². The zero-order chi connectivity index (χ0) is 30.1. The molecular formula is C32H31ClN6O4. The molecule has 2 atom stereocenters. The maximum Gasteiger partial charge on any atom is 0.334 e. The van der Waals surface area contributed by atoms with Crippen molar-refractivity contribution in [2.75, 3.05) is 20.1 Å². The number of hydrazine groups is 1. The molecule has 0 saturated carbocycles. The van der Waals surface area contributed by atoms with Crippen LogP contribution in [0.1, 0.15) is 16.7 Å². The Labute approximate surface area is 254 Å². The molecule has 11 heteroatoms. The van der Waals surface area contributed by atoms with Crippen LogP contribution in [-0.4, -0.2) is 80.1 Å². The van der Waals surface area contributed by atoms with E-state index in [1.807, 2.05) is 48.5 Å². The lowest BCUT2D eigenvalue weighted by Gasteiger charge is -2.54. The van der Waals surface area contributed by atoms with Crippen LogP contribution >= 0.6 is 11.6 Å². The van der Waals surface area contributed by atoms with E-state index in [1.165, 1.54) is 5.01 Å². The molecule has 4 amide bonds. The Morgan fingerprint density at radius 2 is 1.77 bits per heavy atom. The van der Waals surface area contributed by atoms with Crippen molar-refractivity contribution in [2.24, 2.45) is 0 Å². The first-order valence-corrected chi connectivity index (χ1v) is 14.4. The van der Waals surface area contributed by atoms with E-state index in [2.05, 4.69) is 10.3 Å². The number of halogens is 1. The molecule has 3 heterocycles. The number of phenolic OH excluding ortho intramolecular Hbond substituents is 1. The van der Waals surface area contributed by atoms with Crippen LogP contribution in [0.15, 0.2) is 85.1 Å². The molecule has 2 aliphatic heterocycles. The van der Waals surface area contributed by atoms with Crippen LogP contribution in [0.4, 0.5) is 4.79 Å². The highest BCUT2D eigenvalue weighted by molar-refractivity contribution is 6.35. The molecule has 4 aromatic rings. The first-order chi connectivity index (χ1) is 20.8. The van der Waals surface area contributed by atoms with Crippen LogP contribution in [0.25, 0.3) is 10.9 Å². The van der Waals surface area contributed by atoms with Crippen molar-refractivity contribution < 1.29 is 19.5 Å². The summed E-state index contributed by atoms with van der Waals surface area (Å²) in [6, 6.07) is 22.3. The lowest BCUT2D eigenvalue weighted by atomic mass is 9.98. The summed E-state index contributed by atoms with van der Waals surface area (Å²) in [7, 11) is 1.70. The van der Waals surface area contributed by atoms with Gasteiger partial charge in [-0.2, -0.15) is 0 Å². The number of hydrogen-bond donors (Lipinski definition) is 2. The van der Waals surface area contributed by atoms with Gasteiger partial charge in [0.2, 0.25) is 11.8 Å². The Balaban J connectivity index is 1.35. The number of carbonyl (C=O) groups excluding carboxylic acids is 3. The number of pyridine rings is 1. The largest absolute Gasteiger partial charge is 0.508 e. The second-order valence-electron chi connectivity index (χ2n) is 10.8. The number of fused-ring (bicyclic) bond motifs is 2. The van der Waals surface area contributed by atoms with Gasteiger partial charge in [-0.1, -0.05) is 60.1 Å². The molecule has 0 aliphatic carbocycles. The summed E-state index contributed by atoms with van der Waals surface area (Å²) in [5.41, 5.74) is 3.22. The number of nitrogens with one attached hydrogen (secondary N) is 1. The summed E-state index contributed by atoms with van der Waals surface area (Å²) in [6.07, 6.45) is 1.16. The van der Waals surface area contributed by atoms with Gasteiger partial charge in [0.15, 0.2) is 0 Å². The van der Waals surface area contributed by atoms with E-state index in [4.69, 9.17) is 11.6 Å². The Morgan fingerprint density at radius 1 is 1.00 bits per heavy atom. The topological polar surface area (TPSA) is 109 Å². The molecule has 2 aliphatic rings. The standard InChI is InChI=1S/C32H31ClN6O4/c1-36-20-29(41)38-27(16-21-9-12-24(40)13-10-21)31(42)37(18-23-11-14-26(33)25-8-5-15-34-30(23)25)19-28(38)39(36)32(43)35-17-22-6-3-2-4-7-22/h2-15,27-28,40H,16-20H2,1H3,(H,35,43)/t27-,28+/m0/s1. The summed E-state index contributed by atoms with van der Waals surface area (Å²) >= 11 is 6.44. The number of hydrogen-bond acceptors (Lipinski definition) is 6. The molecule has 220 valence electrons. The predicted octanol–water partition coefficient (Wildman–Crippen LogP) is 3.77. The number of carbonyl (C=O) groups is 3. The summed E-state index contributed by atoms with van der Waals surface area (Å²) in [5.74, 6) is -0.363. The van der Waals surface area contributed by atoms with Crippen molar-refractivity contribution in [3.8, 4) is 5.75 Å². The van der Waals surface area contributed by atoms with Crippen molar-refractivity contribution in [2.45, 2.75) is 31.7 Å². The van der Waals surface area contributed by atoms with Gasteiger partial charge < -0.3 is 20.2 Å². The number of nitrogens with zero attached hydrogens (tertiary/aromatic N) is 5. The molecule has 0 bridgehead atoms. The molecule has 2 fully saturated rings. The van der Waals surface area contributed by atoms with Crippen LogP contribution in [0.2, 0.25) is 5.02 Å². The molecule has 2 saturated heterocycles. The van der Waals surface area contributed by atoms with E-state index in [-0.39, 0.29) is 49.7 Å². The van der Waals surface area contributed by atoms with Gasteiger partial charge in [-0.25, -0.2) is 14.8 Å². The molecule has 1 aromatic heterocycles. The number of benzene rings is 3. The minimum Gasteiger partial charge on any atom is -0.508 e. The van der Waals surface area contributed by atoms with Crippen LogP contribution in [-0.2, 0) is 29.1 Å². The number of aromatic nitrogens is 1. The van der Waals surface area contributed by atoms with E-state index in [0.717, 1.165) is 22.1 Å². The second kappa shape index (κ2) is 11.9. The number of phenols is 1. The fraction of sp³-hybridized carbons (Fsp3) is 0.250. The number of likely N-dealkylation sites (N-methyl/N-ethyl adjacent to an activating group) is 1. The third-order valence-electron chi connectivity index (χ3n) is 7.96. The van der Waals surface area contributed by atoms with Gasteiger partial charge >= 0.3 is 6.03 Å². The first-order valence-electron chi connectivity index (χ1n) is 14.0. The van der Waals surface area contributed by atoms with Gasteiger partial charge in [-0.15, -0.1) is 0 Å². The highest BCUT2D eigenvalue weighted by Crippen LogP contribution is 2.31. The van der Waals surface area contributed by atoms with Crippen LogP contribution in [0, 0.1) is 0 Å². The summed E-state index contributed by atoms with van der Waals surface area (Å²) in [6.45, 7) is 0.584. The average Bonchev–Trinajstić information content (AvgIpc) is 3.01. The first kappa shape index (κ1) is 28.4. The predicted molar refractivity (Wildman–Crippen MR) is 162 cm³/mol. The monoisotopic (exact) mass is 598 g/mol. The van der Waals surface area contributed by atoms with Crippen molar-refractivity contribution in [3.05, 3.63) is 107 Å². The van der Waals surface area contributed by atoms with Gasteiger partial charge in [0.05, 0.1) is 18.6 Å². The van der Waals surface area contributed by atoms with E-state index in [0.29, 0.717) is 17.1 Å². The molecule has 43 heavy (non-hydrogen) atoms. The van der Waals surface area contributed by atoms with E-state index in [9.17, 15) is 19.5 Å². The minimum absolute atomic E-state index is 0.0552. The minimum atomic E-state index is -0.861. The normalized spacial score (nSPS) is 19.1. The molecule has 6 rings (SSSR count). The van der Waals surface area contributed by atoms with Crippen LogP contribution in [0.3, 0.4) is 0 Å². The Morgan fingerprint density at radius 3 is 2.53 bits per heavy atom. The number of amides is 4. The number of rotatable bonds is 6. The number of urea groups is 1. The van der Waals surface area contributed by atoms with Gasteiger partial charge in [0, 0.05) is 43.2 Å². The SMILES string of the molecule is CN1CC(=O)N2[C@@H](CN(Cc3ccc(Cl)c4cccnc34)C(=O)[C@@H]2Cc2ccc(O)cc2)N1C(=O)NCc1ccccc1. The molecule has 0 spiro atoms. The molecule has 0 radical (unpaired) electrons. The van der Waals surface area contributed by atoms with Crippen LogP contribution < -0.4 is 5.32 Å². The third-order valence-corrected chi connectivity index (χ3v) is 8.29. The summed E-state index contributed by atoms with van der Waals surface area (Å²) < 4.78 is 0. The fourth-order valence-corrected chi connectivity index (χ4v) is 6.10. The van der Waals surface area contributed by atoms with Crippen molar-refractivity contribution in [1.29, 1.82) is 0 Å². The zero-order valence-electron chi connectivity index (χ0n) is 23.6. The maximum absolute atomic E-state index is 14.2. The van der Waals surface area contributed by atoms with Gasteiger partial charge in [-0.05, 0) is 47.0 Å². The van der Waals surface area contributed by atoms with Gasteiger partial charge in [0.25, 0.3) is 0 Å². The lowest BCUT2D eigenvalue weighted by molar-refractivity contribution is -0.187. The van der Waals surface area contributed by atoms with Crippen LogP contribution in [0.5, 0.6) is 5.75 Å². The third kappa shape index (κ3) is 5.71. The van der Waals surface area contributed by atoms with Crippen molar-refractivity contribution in [1.82, 2.24) is 30.1 Å². The van der Waals surface area contributed by atoms with E-state index >= 15 is 0 Å². The molecular weight excluding hydrogens is 568 g/mol. The molecule has 0 unspecified atom stereocenters. The lowest BCUT2D eigenvalue weighted by Crippen LogP contribution is -2.76. The maximum atomic E-state index is 14.2. The molecule has 2 N–H and O–H groups in total. The smallest absolute Gasteiger partial charge is 0.334 e. The van der Waals surface area contributed by atoms with Gasteiger partial charge in [0.1, 0.15) is 18.0 Å². The summed E-state index contributed by atoms with van der Waals surface area (Å²) in [4.78, 5) is 49.2. The number of aromatic hydroxyl groups is 1. The Hall–Kier alpha value is -4.67. The summed E-state index contributed by atoms with van der Waals surface area (Å²) in [5, 5.41) is 17.3. The Kier molecular flexibility index (Phi) is 7.88. The van der Waals surface area contributed by atoms with E-state index in [1.54, 1.807) is 58.4 Å². The average molecular weight is 599 g/mol. The van der Waals surface area contributed by atoms with E-state index < -0.39 is 12.2 Å². The second-order valence-corrected chi connectivity index (χ2v) is 11.2. The van der Waals surface area contributed by atoms with Gasteiger partial charge in [-0.3, -0.25) is 14.6 Å². The molecule has 10 nitrogen and oxygen atoms in total. The fourth-order valence-electron chi connectivity index (χ4n) is 5.89. The van der Waals surface area contributed by atoms with Crippen molar-refractivity contribution in [3.63, 3.8) is 0 Å². The molecule has 3 aromatic carbocycles. The Bertz CT molecular complexity index is 1670. The zero-order valence-corrected chi connectivity index (χ0v) is 24.3. The highest BCUT2D eigenvalue weighted by atomic mass is 35.5. The quantitative estimate of drug-likeness (QED) is 0.350. The highest BCUT2D eigenvalue weighted by Gasteiger charge is 2.50.